The van der Waals surface area contributed by atoms with Crippen LogP contribution in [0.3, 0.4) is 0 Å². The number of Topliss-reactive ketones (excluding diaryl/α,β-unsaturated/α-hetero) is 1. The highest BCUT2D eigenvalue weighted by atomic mass is 16.5. The minimum absolute atomic E-state index is 0.0638. The van der Waals surface area contributed by atoms with Crippen LogP contribution in [0.4, 0.5) is 0 Å². The van der Waals surface area contributed by atoms with Gasteiger partial charge in [0.15, 0.2) is 0 Å². The minimum atomic E-state index is -0.797. The normalized spacial score (nSPS) is 9.86. The van der Waals surface area contributed by atoms with E-state index in [1.54, 1.807) is 0 Å². The van der Waals surface area contributed by atoms with Crippen molar-refractivity contribution in [2.24, 2.45) is 4.99 Å². The number of ketones is 1. The first kappa shape index (κ1) is 12.3. The lowest BCUT2D eigenvalue weighted by atomic mass is 10.3. The second kappa shape index (κ2) is 6.76. The molecule has 0 fully saturated rings. The summed E-state index contributed by atoms with van der Waals surface area (Å²) in [5, 5.41) is 9.70. The maximum absolute atomic E-state index is 10.6. The highest BCUT2D eigenvalue weighted by molar-refractivity contribution is 6.35. The van der Waals surface area contributed by atoms with Gasteiger partial charge in [-0.2, -0.15) is 0 Å². The molecular weight excluding hydrogens is 186 g/mol. The van der Waals surface area contributed by atoms with Crippen LogP contribution in [0.25, 0.3) is 0 Å². The average molecular weight is 199 g/mol. The zero-order chi connectivity index (χ0) is 11.0. The van der Waals surface area contributed by atoms with Gasteiger partial charge in [0.25, 0.3) is 0 Å². The lowest BCUT2D eigenvalue weighted by Gasteiger charge is -1.97. The summed E-state index contributed by atoms with van der Waals surface area (Å²) >= 11 is 0. The molecule has 0 bridgehead atoms. The second-order valence-electron chi connectivity index (χ2n) is 2.50. The van der Waals surface area contributed by atoms with Gasteiger partial charge in [0.05, 0.1) is 13.4 Å². The number of methoxy groups -OCH3 is 1. The van der Waals surface area contributed by atoms with Gasteiger partial charge >= 0.3 is 5.97 Å². The third-order valence-electron chi connectivity index (χ3n) is 1.29. The predicted octanol–water partition coefficient (Wildman–Crippen LogP) is -0.266. The van der Waals surface area contributed by atoms with Crippen LogP contribution in [0.15, 0.2) is 4.99 Å². The smallest absolute Gasteiger partial charge is 0.375 e. The van der Waals surface area contributed by atoms with E-state index >= 15 is 0 Å². The zero-order valence-electron chi connectivity index (χ0n) is 8.16. The van der Waals surface area contributed by atoms with E-state index in [4.69, 9.17) is 5.41 Å². The Hall–Kier alpha value is -1.72. The summed E-state index contributed by atoms with van der Waals surface area (Å²) in [4.78, 5) is 24.6. The topological polar surface area (TPSA) is 91.6 Å². The Kier molecular flexibility index (Phi) is 5.93. The van der Waals surface area contributed by atoms with Crippen molar-refractivity contribution in [2.75, 3.05) is 13.7 Å². The molecule has 0 aromatic heterocycles. The largest absolute Gasteiger partial charge is 0.463 e. The Labute approximate surface area is 81.9 Å². The van der Waals surface area contributed by atoms with Gasteiger partial charge in [-0.1, -0.05) is 0 Å². The van der Waals surface area contributed by atoms with Gasteiger partial charge < -0.3 is 10.1 Å². The molecule has 0 amide bonds. The van der Waals surface area contributed by atoms with E-state index in [0.717, 1.165) is 0 Å². The van der Waals surface area contributed by atoms with Crippen molar-refractivity contribution in [3.05, 3.63) is 0 Å². The summed E-state index contributed by atoms with van der Waals surface area (Å²) < 4.78 is 4.25. The molecule has 0 rings (SSSR count). The maximum Gasteiger partial charge on any atom is 0.375 e. The monoisotopic (exact) mass is 199 g/mol. The average Bonchev–Trinajstić information content (AvgIpc) is 2.15. The Morgan fingerprint density at radius 3 is 2.71 bits per heavy atom. The number of rotatable bonds is 4. The third kappa shape index (κ3) is 5.87. The fraction of sp³-hybridized carbons (Fsp3) is 0.500. The van der Waals surface area contributed by atoms with Crippen LogP contribution in [0.2, 0.25) is 0 Å². The molecule has 0 unspecified atom stereocenters. The van der Waals surface area contributed by atoms with E-state index in [9.17, 15) is 9.59 Å². The van der Waals surface area contributed by atoms with E-state index < -0.39 is 11.8 Å². The van der Waals surface area contributed by atoms with Crippen LogP contribution in [0.1, 0.15) is 13.3 Å². The number of amidine groups is 1. The highest BCUT2D eigenvalue weighted by Gasteiger charge is 2.05. The van der Waals surface area contributed by atoms with E-state index in [0.29, 0.717) is 13.0 Å². The molecule has 6 nitrogen and oxygen atoms in total. The molecule has 2 N–H and O–H groups in total. The minimum Gasteiger partial charge on any atom is -0.463 e. The molecule has 0 spiro atoms. The Morgan fingerprint density at radius 2 is 2.21 bits per heavy atom. The number of carbonyl (C=O) groups excluding carboxylic acids is 2. The van der Waals surface area contributed by atoms with Crippen molar-refractivity contribution in [3.8, 4) is 0 Å². The first-order valence-electron chi connectivity index (χ1n) is 4.00. The maximum atomic E-state index is 10.6. The molecule has 6 heteroatoms. The summed E-state index contributed by atoms with van der Waals surface area (Å²) in [5.41, 5.74) is 0. The molecular formula is C8H13N3O3. The van der Waals surface area contributed by atoms with Crippen molar-refractivity contribution in [2.45, 2.75) is 13.3 Å². The molecule has 0 saturated carbocycles. The molecule has 0 heterocycles. The van der Waals surface area contributed by atoms with Crippen LogP contribution >= 0.6 is 0 Å². The molecule has 0 aromatic rings. The van der Waals surface area contributed by atoms with E-state index in [-0.39, 0.29) is 5.78 Å². The number of aliphatic imine (C=N–C) groups is 1. The van der Waals surface area contributed by atoms with Gasteiger partial charge in [-0.25, -0.2) is 9.79 Å². The summed E-state index contributed by atoms with van der Waals surface area (Å²) in [5.74, 6) is -1.22. The number of hydrogen-bond donors (Lipinski definition) is 2. The molecule has 14 heavy (non-hydrogen) atoms. The molecule has 0 radical (unpaired) electrons. The third-order valence-corrected chi connectivity index (χ3v) is 1.29. The van der Waals surface area contributed by atoms with Gasteiger partial charge in [-0.15, -0.1) is 0 Å². The Balaban J connectivity index is 3.67. The number of esters is 1. The lowest BCUT2D eigenvalue weighted by molar-refractivity contribution is -0.132. The van der Waals surface area contributed by atoms with Crippen molar-refractivity contribution in [3.63, 3.8) is 0 Å². The van der Waals surface area contributed by atoms with Crippen LogP contribution in [0, 0.1) is 5.41 Å². The SMILES string of the molecule is COC(=O)C(=N)/N=C\NCCC(C)=O. The fourth-order valence-corrected chi connectivity index (χ4v) is 0.572. The van der Waals surface area contributed by atoms with Crippen LogP contribution in [-0.2, 0) is 14.3 Å². The predicted molar refractivity (Wildman–Crippen MR) is 51.5 cm³/mol. The van der Waals surface area contributed by atoms with Crippen molar-refractivity contribution in [1.82, 2.24) is 5.32 Å². The summed E-state index contributed by atoms with van der Waals surface area (Å²) in [7, 11) is 1.18. The van der Waals surface area contributed by atoms with Gasteiger partial charge in [-0.05, 0) is 6.92 Å². The number of hydrogen-bond acceptors (Lipinski definition) is 4. The van der Waals surface area contributed by atoms with Crippen molar-refractivity contribution in [1.29, 1.82) is 5.41 Å². The molecule has 0 atom stereocenters. The van der Waals surface area contributed by atoms with Gasteiger partial charge in [0.2, 0.25) is 5.84 Å². The Morgan fingerprint density at radius 1 is 1.57 bits per heavy atom. The summed E-state index contributed by atoms with van der Waals surface area (Å²) in [6, 6.07) is 0. The number of carbonyl (C=O) groups is 2. The van der Waals surface area contributed by atoms with Crippen molar-refractivity contribution < 1.29 is 14.3 Å². The first-order chi connectivity index (χ1) is 6.57. The molecule has 0 saturated heterocycles. The van der Waals surface area contributed by atoms with Gasteiger partial charge in [0, 0.05) is 13.0 Å². The standard InChI is InChI=1S/C8H13N3O3/c1-6(12)3-4-10-5-11-7(9)8(13)14-2/h5H,3-4H2,1-2H3,(H2,9,10,11). The first-order valence-corrected chi connectivity index (χ1v) is 4.00. The summed E-state index contributed by atoms with van der Waals surface area (Å²) in [6.07, 6.45) is 1.58. The van der Waals surface area contributed by atoms with Crippen LogP contribution < -0.4 is 5.32 Å². The molecule has 0 aliphatic carbocycles. The molecule has 78 valence electrons. The van der Waals surface area contributed by atoms with Crippen molar-refractivity contribution >= 4 is 23.9 Å². The summed E-state index contributed by atoms with van der Waals surface area (Å²) in [6.45, 7) is 1.92. The molecule has 0 aromatic carbocycles. The molecule has 0 aliphatic heterocycles. The quantitative estimate of drug-likeness (QED) is 0.282. The van der Waals surface area contributed by atoms with Gasteiger partial charge in [0.1, 0.15) is 5.78 Å². The lowest BCUT2D eigenvalue weighted by Crippen LogP contribution is -2.18. The van der Waals surface area contributed by atoms with E-state index in [2.05, 4.69) is 15.0 Å². The number of ether oxygens (including phenoxy) is 1. The number of nitrogens with one attached hydrogen (secondary N) is 2. The second-order valence-corrected chi connectivity index (χ2v) is 2.50. The van der Waals surface area contributed by atoms with Crippen LogP contribution in [-0.4, -0.2) is 37.6 Å². The highest BCUT2D eigenvalue weighted by Crippen LogP contribution is 1.80. The number of nitrogens with zero attached hydrogens (tertiary/aromatic N) is 1. The van der Waals surface area contributed by atoms with Gasteiger partial charge in [-0.3, -0.25) is 10.2 Å². The Bertz CT molecular complexity index is 261. The van der Waals surface area contributed by atoms with E-state index in [1.165, 1.54) is 20.4 Å². The fourth-order valence-electron chi connectivity index (χ4n) is 0.572. The zero-order valence-corrected chi connectivity index (χ0v) is 8.16. The van der Waals surface area contributed by atoms with Crippen LogP contribution in [0.5, 0.6) is 0 Å². The molecule has 0 aliphatic rings. The van der Waals surface area contributed by atoms with E-state index in [1.807, 2.05) is 0 Å².